The van der Waals surface area contributed by atoms with Gasteiger partial charge in [0.15, 0.2) is 0 Å². The number of hydrogen-bond acceptors (Lipinski definition) is 5. The molecule has 0 spiro atoms. The number of methoxy groups -OCH3 is 3. The van der Waals surface area contributed by atoms with Gasteiger partial charge in [0.2, 0.25) is 0 Å². The second-order valence-corrected chi connectivity index (χ2v) is 8.02. The van der Waals surface area contributed by atoms with Crippen molar-refractivity contribution < 1.29 is 19.3 Å². The molecule has 2 atom stereocenters. The van der Waals surface area contributed by atoms with Crippen LogP contribution in [0.1, 0.15) is 36.6 Å². The van der Waals surface area contributed by atoms with Gasteiger partial charge in [-0.1, -0.05) is 12.1 Å². The Morgan fingerprint density at radius 2 is 1.63 bits per heavy atom. The fourth-order valence-electron chi connectivity index (χ4n) is 4.88. The van der Waals surface area contributed by atoms with Crippen LogP contribution < -0.4 is 19.5 Å². The number of phenols is 1. The molecule has 158 valence electrons. The van der Waals surface area contributed by atoms with Gasteiger partial charge in [-0.05, 0) is 61.9 Å². The zero-order valence-corrected chi connectivity index (χ0v) is 18.4. The Morgan fingerprint density at radius 3 is 2.30 bits per heavy atom. The van der Waals surface area contributed by atoms with Crippen molar-refractivity contribution in [1.82, 2.24) is 5.32 Å². The zero-order valence-electron chi connectivity index (χ0n) is 18.4. The third kappa shape index (κ3) is 3.05. The predicted octanol–water partition coefficient (Wildman–Crippen LogP) is 5.14. The average molecular weight is 408 g/mol. The molecular formula is C25H29NO4. The van der Waals surface area contributed by atoms with Crippen molar-refractivity contribution in [2.24, 2.45) is 0 Å². The molecule has 0 amide bonds. The highest BCUT2D eigenvalue weighted by atomic mass is 16.5. The molecule has 5 heteroatoms. The van der Waals surface area contributed by atoms with Crippen molar-refractivity contribution in [3.63, 3.8) is 0 Å². The number of aromatic hydroxyl groups is 1. The molecule has 30 heavy (non-hydrogen) atoms. The van der Waals surface area contributed by atoms with E-state index in [0.29, 0.717) is 17.4 Å². The van der Waals surface area contributed by atoms with Gasteiger partial charge in [0.25, 0.3) is 0 Å². The molecule has 0 fully saturated rings. The molecule has 3 aromatic carbocycles. The van der Waals surface area contributed by atoms with Gasteiger partial charge in [-0.2, -0.15) is 0 Å². The molecule has 0 aliphatic carbocycles. The number of aryl methyl sites for hydroxylation is 1. The monoisotopic (exact) mass is 407 g/mol. The molecule has 3 aromatic rings. The lowest BCUT2D eigenvalue weighted by atomic mass is 9.84. The van der Waals surface area contributed by atoms with Gasteiger partial charge in [0.05, 0.1) is 32.3 Å². The maximum atomic E-state index is 11.5. The van der Waals surface area contributed by atoms with Crippen LogP contribution in [-0.2, 0) is 6.42 Å². The van der Waals surface area contributed by atoms with Crippen molar-refractivity contribution in [3.8, 4) is 34.1 Å². The topological polar surface area (TPSA) is 60.0 Å². The van der Waals surface area contributed by atoms with Crippen LogP contribution >= 0.6 is 0 Å². The van der Waals surface area contributed by atoms with Crippen molar-refractivity contribution in [1.29, 1.82) is 0 Å². The van der Waals surface area contributed by atoms with Gasteiger partial charge in [0.1, 0.15) is 23.0 Å². The van der Waals surface area contributed by atoms with Crippen LogP contribution in [0.3, 0.4) is 0 Å². The summed E-state index contributed by atoms with van der Waals surface area (Å²) >= 11 is 0. The van der Waals surface area contributed by atoms with E-state index < -0.39 is 0 Å². The third-order valence-corrected chi connectivity index (χ3v) is 6.08. The number of rotatable bonds is 4. The van der Waals surface area contributed by atoms with E-state index in [-0.39, 0.29) is 11.8 Å². The minimum absolute atomic E-state index is 0.0489. The first-order chi connectivity index (χ1) is 14.4. The van der Waals surface area contributed by atoms with Crippen molar-refractivity contribution in [3.05, 3.63) is 47.0 Å². The Morgan fingerprint density at radius 1 is 0.933 bits per heavy atom. The molecule has 1 aliphatic rings. The molecule has 0 bridgehead atoms. The van der Waals surface area contributed by atoms with Crippen LogP contribution in [-0.4, -0.2) is 32.5 Å². The lowest BCUT2D eigenvalue weighted by molar-refractivity contribution is 0.390. The molecule has 0 saturated heterocycles. The average Bonchev–Trinajstić information content (AvgIpc) is 2.72. The summed E-state index contributed by atoms with van der Waals surface area (Å²) in [6.07, 6.45) is 0.847. The van der Waals surface area contributed by atoms with Gasteiger partial charge >= 0.3 is 0 Å². The van der Waals surface area contributed by atoms with E-state index in [1.165, 1.54) is 0 Å². The molecule has 0 aromatic heterocycles. The molecule has 2 unspecified atom stereocenters. The Labute approximate surface area is 177 Å². The molecule has 0 radical (unpaired) electrons. The molecule has 2 N–H and O–H groups in total. The molecule has 1 heterocycles. The van der Waals surface area contributed by atoms with E-state index in [0.717, 1.165) is 50.9 Å². The lowest BCUT2D eigenvalue weighted by Gasteiger charge is -2.31. The number of fused-ring (bicyclic) bond motifs is 2. The van der Waals surface area contributed by atoms with Crippen LogP contribution in [0.15, 0.2) is 30.3 Å². The van der Waals surface area contributed by atoms with Crippen molar-refractivity contribution in [2.75, 3.05) is 21.3 Å². The van der Waals surface area contributed by atoms with Crippen molar-refractivity contribution >= 4 is 10.8 Å². The Bertz CT molecular complexity index is 1120. The highest BCUT2D eigenvalue weighted by Crippen LogP contribution is 2.50. The van der Waals surface area contributed by atoms with Gasteiger partial charge in [-0.25, -0.2) is 0 Å². The summed E-state index contributed by atoms with van der Waals surface area (Å²) in [5.74, 6) is 2.41. The zero-order chi connectivity index (χ0) is 21.6. The molecular weight excluding hydrogens is 378 g/mol. The summed E-state index contributed by atoms with van der Waals surface area (Å²) < 4.78 is 17.1. The van der Waals surface area contributed by atoms with Gasteiger partial charge in [0, 0.05) is 23.2 Å². The summed E-state index contributed by atoms with van der Waals surface area (Å²) in [6.45, 7) is 6.27. The Balaban J connectivity index is 2.11. The summed E-state index contributed by atoms with van der Waals surface area (Å²) in [4.78, 5) is 0. The largest absolute Gasteiger partial charge is 0.507 e. The molecule has 4 rings (SSSR count). The van der Waals surface area contributed by atoms with E-state index in [2.05, 4.69) is 25.2 Å². The predicted molar refractivity (Wildman–Crippen MR) is 120 cm³/mol. The lowest BCUT2D eigenvalue weighted by Crippen LogP contribution is -2.36. The smallest absolute Gasteiger partial charge is 0.132 e. The second kappa shape index (κ2) is 7.73. The van der Waals surface area contributed by atoms with E-state index in [1.807, 2.05) is 31.2 Å². The first kappa shape index (κ1) is 20.4. The molecule has 1 aliphatic heterocycles. The maximum Gasteiger partial charge on any atom is 0.132 e. The number of phenolic OH excluding ortho intramolecular Hbond substituents is 1. The Hall–Kier alpha value is -2.92. The summed E-state index contributed by atoms with van der Waals surface area (Å²) in [6, 6.07) is 10.4. The minimum atomic E-state index is 0.0489. The number of nitrogens with one attached hydrogen (secondary N) is 1. The maximum absolute atomic E-state index is 11.5. The number of hydrogen-bond donors (Lipinski definition) is 2. The third-order valence-electron chi connectivity index (χ3n) is 6.08. The van der Waals surface area contributed by atoms with Crippen LogP contribution in [0.4, 0.5) is 0 Å². The summed E-state index contributed by atoms with van der Waals surface area (Å²) in [7, 11) is 4.96. The van der Waals surface area contributed by atoms with Crippen LogP contribution in [0.25, 0.3) is 21.9 Å². The number of ether oxygens (including phenoxy) is 3. The quantitative estimate of drug-likeness (QED) is 0.627. The second-order valence-electron chi connectivity index (χ2n) is 8.02. The molecule has 5 nitrogen and oxygen atoms in total. The fourth-order valence-corrected chi connectivity index (χ4v) is 4.88. The SMILES string of the molecule is COc1cc2c(c(O)c1-c1c(C)cc(OC)c3c(OC)cccc13)C(C)NC(C)C2. The number of benzene rings is 3. The van der Waals surface area contributed by atoms with Gasteiger partial charge < -0.3 is 24.6 Å². The summed E-state index contributed by atoms with van der Waals surface area (Å²) in [5.41, 5.74) is 4.69. The highest BCUT2D eigenvalue weighted by molar-refractivity contribution is 6.07. The van der Waals surface area contributed by atoms with E-state index in [4.69, 9.17) is 14.2 Å². The highest BCUT2D eigenvalue weighted by Gasteiger charge is 2.30. The molecule has 0 saturated carbocycles. The van der Waals surface area contributed by atoms with E-state index in [1.54, 1.807) is 21.3 Å². The normalized spacial score (nSPS) is 18.2. The van der Waals surface area contributed by atoms with Crippen LogP contribution in [0.2, 0.25) is 0 Å². The van der Waals surface area contributed by atoms with Gasteiger partial charge in [-0.3, -0.25) is 0 Å². The van der Waals surface area contributed by atoms with Crippen LogP contribution in [0, 0.1) is 6.92 Å². The van der Waals surface area contributed by atoms with E-state index in [9.17, 15) is 5.11 Å². The van der Waals surface area contributed by atoms with Gasteiger partial charge in [-0.15, -0.1) is 0 Å². The van der Waals surface area contributed by atoms with Crippen molar-refractivity contribution in [2.45, 2.75) is 39.3 Å². The standard InChI is InChI=1S/C25H29NO4/c1-13-10-19(29-5)23-17(8-7-9-18(23)28-4)21(13)24-20(30-6)12-16-11-14(2)26-15(3)22(16)25(24)27/h7-10,12,14-15,26-27H,11H2,1-6H3. The fraction of sp³-hybridized carbons (Fsp3) is 0.360. The van der Waals surface area contributed by atoms with E-state index >= 15 is 0 Å². The first-order valence-corrected chi connectivity index (χ1v) is 10.2. The Kier molecular flexibility index (Phi) is 5.24. The summed E-state index contributed by atoms with van der Waals surface area (Å²) in [5, 5.41) is 16.9. The van der Waals surface area contributed by atoms with Crippen LogP contribution in [0.5, 0.6) is 23.0 Å². The first-order valence-electron chi connectivity index (χ1n) is 10.2. The minimum Gasteiger partial charge on any atom is -0.507 e.